The minimum absolute atomic E-state index is 0.483. The Morgan fingerprint density at radius 2 is 1.00 bits per heavy atom. The van der Waals surface area contributed by atoms with Gasteiger partial charge in [-0.25, -0.2) is 0 Å². The highest BCUT2D eigenvalue weighted by Crippen LogP contribution is 2.34. The minimum Gasteiger partial charge on any atom is -0.126 e. The standard InChI is InChI=1S/C10H20Cl6S2Si2/c1-9(7-19(11,12)13)3-5-17-18-6-4-10(2)8-20(14,15)16/h9-10H,3-8H2,1-2H3. The average molecular weight is 473 g/mol. The molecule has 0 saturated carbocycles. The van der Waals surface area contributed by atoms with Crippen molar-refractivity contribution in [2.45, 2.75) is 38.8 Å². The largest absolute Gasteiger partial charge is 0.341 e. The molecule has 0 bridgehead atoms. The maximum atomic E-state index is 5.91. The van der Waals surface area contributed by atoms with E-state index in [1.165, 1.54) is 0 Å². The topological polar surface area (TPSA) is 0 Å². The van der Waals surface area contributed by atoms with Gasteiger partial charge in [0.15, 0.2) is 0 Å². The fourth-order valence-corrected chi connectivity index (χ4v) is 10.9. The van der Waals surface area contributed by atoms with Gasteiger partial charge in [-0.15, -0.1) is 66.5 Å². The van der Waals surface area contributed by atoms with Gasteiger partial charge in [-0.3, -0.25) is 0 Å². The molecule has 2 atom stereocenters. The molecule has 0 rings (SSSR count). The Morgan fingerprint density at radius 1 is 0.700 bits per heavy atom. The van der Waals surface area contributed by atoms with E-state index < -0.39 is 12.0 Å². The van der Waals surface area contributed by atoms with Gasteiger partial charge in [-0.1, -0.05) is 35.4 Å². The highest BCUT2D eigenvalue weighted by molar-refractivity contribution is 8.76. The lowest BCUT2D eigenvalue weighted by molar-refractivity contribution is 0.627. The quantitative estimate of drug-likeness (QED) is 0.130. The van der Waals surface area contributed by atoms with Crippen molar-refractivity contribution in [1.82, 2.24) is 0 Å². The lowest BCUT2D eigenvalue weighted by atomic mass is 10.2. The van der Waals surface area contributed by atoms with Crippen LogP contribution in [0.1, 0.15) is 26.7 Å². The first kappa shape index (κ1) is 22.9. The maximum absolute atomic E-state index is 5.91. The highest BCUT2D eigenvalue weighted by atomic mass is 35.8. The first-order chi connectivity index (χ1) is 8.99. The van der Waals surface area contributed by atoms with E-state index >= 15 is 0 Å². The normalized spacial score (nSPS) is 16.2. The van der Waals surface area contributed by atoms with E-state index in [2.05, 4.69) is 13.8 Å². The molecule has 0 aromatic heterocycles. The van der Waals surface area contributed by atoms with E-state index in [1.54, 1.807) is 0 Å². The fourth-order valence-electron chi connectivity index (χ4n) is 1.61. The Labute approximate surface area is 160 Å². The first-order valence-electron chi connectivity index (χ1n) is 6.37. The molecule has 0 aromatic rings. The molecule has 2 unspecified atom stereocenters. The summed E-state index contributed by atoms with van der Waals surface area (Å²) in [5.74, 6) is 3.15. The Morgan fingerprint density at radius 3 is 1.25 bits per heavy atom. The Kier molecular flexibility index (Phi) is 13.1. The number of hydrogen-bond acceptors (Lipinski definition) is 2. The number of hydrogen-bond donors (Lipinski definition) is 0. The second-order valence-corrected chi connectivity index (χ2v) is 26.1. The van der Waals surface area contributed by atoms with Gasteiger partial charge in [0.05, 0.1) is 0 Å². The molecule has 0 spiro atoms. The van der Waals surface area contributed by atoms with E-state index in [0.717, 1.165) is 36.4 Å². The third-order valence-electron chi connectivity index (χ3n) is 2.63. The van der Waals surface area contributed by atoms with Gasteiger partial charge in [0, 0.05) is 11.5 Å². The van der Waals surface area contributed by atoms with E-state index in [0.29, 0.717) is 11.8 Å². The lowest BCUT2D eigenvalue weighted by Gasteiger charge is -2.15. The summed E-state index contributed by atoms with van der Waals surface area (Å²) in [6, 6.07) is -3.45. The van der Waals surface area contributed by atoms with Crippen LogP contribution < -0.4 is 0 Å². The molecule has 0 aliphatic carbocycles. The van der Waals surface area contributed by atoms with Gasteiger partial charge in [0.1, 0.15) is 0 Å². The molecule has 0 amide bonds. The van der Waals surface area contributed by atoms with Crippen molar-refractivity contribution in [1.29, 1.82) is 0 Å². The Balaban J connectivity index is 3.49. The molecule has 20 heavy (non-hydrogen) atoms. The van der Waals surface area contributed by atoms with Crippen LogP contribution in [0.5, 0.6) is 0 Å². The average Bonchev–Trinajstić information content (AvgIpc) is 2.17. The zero-order valence-electron chi connectivity index (χ0n) is 11.5. The summed E-state index contributed by atoms with van der Waals surface area (Å²) in [6.45, 7) is 4.29. The van der Waals surface area contributed by atoms with Crippen LogP contribution in [0, 0.1) is 11.8 Å². The van der Waals surface area contributed by atoms with Crippen LogP contribution in [0.25, 0.3) is 0 Å². The SMILES string of the molecule is CC(CCSSCCC(C)C[Si](Cl)(Cl)Cl)C[Si](Cl)(Cl)Cl. The number of rotatable bonds is 11. The number of halogens is 6. The van der Waals surface area contributed by atoms with E-state index in [4.69, 9.17) is 66.5 Å². The van der Waals surface area contributed by atoms with Crippen LogP contribution in [0.15, 0.2) is 0 Å². The Hall–Kier alpha value is 2.87. The molecular weight excluding hydrogens is 453 g/mol. The van der Waals surface area contributed by atoms with Crippen LogP contribution in [-0.2, 0) is 0 Å². The van der Waals surface area contributed by atoms with Crippen molar-refractivity contribution >= 4 is 100 Å². The van der Waals surface area contributed by atoms with E-state index in [1.807, 2.05) is 21.6 Å². The first-order valence-corrected chi connectivity index (χ1v) is 19.3. The molecule has 0 N–H and O–H groups in total. The summed E-state index contributed by atoms with van der Waals surface area (Å²) in [4.78, 5) is 0. The molecule has 10 heteroatoms. The van der Waals surface area contributed by atoms with Gasteiger partial charge < -0.3 is 0 Å². The predicted octanol–water partition coefficient (Wildman–Crippen LogP) is 7.73. The second-order valence-electron chi connectivity index (χ2n) is 5.07. The molecule has 0 fully saturated rings. The molecule has 0 saturated heterocycles. The molecule has 0 aliphatic heterocycles. The minimum atomic E-state index is -2.47. The van der Waals surface area contributed by atoms with Crippen LogP contribution >= 0.6 is 88.1 Å². The monoisotopic (exact) mass is 470 g/mol. The zero-order chi connectivity index (χ0) is 15.8. The molecule has 122 valence electrons. The maximum Gasteiger partial charge on any atom is 0.341 e. The third-order valence-corrected chi connectivity index (χ3v) is 10.2. The third kappa shape index (κ3) is 17.2. The van der Waals surface area contributed by atoms with Gasteiger partial charge in [0.2, 0.25) is 0 Å². The summed E-state index contributed by atoms with van der Waals surface area (Å²) in [7, 11) is 3.77. The zero-order valence-corrected chi connectivity index (χ0v) is 19.7. The summed E-state index contributed by atoms with van der Waals surface area (Å²) in [6.07, 6.45) is 2.18. The predicted molar refractivity (Wildman–Crippen MR) is 109 cm³/mol. The molecule has 0 radical (unpaired) electrons. The van der Waals surface area contributed by atoms with Crippen molar-refractivity contribution in [3.05, 3.63) is 0 Å². The van der Waals surface area contributed by atoms with Gasteiger partial charge in [-0.2, -0.15) is 0 Å². The van der Waals surface area contributed by atoms with Gasteiger partial charge >= 0.3 is 12.0 Å². The molecular formula is C10H20Cl6S2Si2. The van der Waals surface area contributed by atoms with Crippen LogP contribution in [-0.4, -0.2) is 23.5 Å². The van der Waals surface area contributed by atoms with Gasteiger partial charge in [0.25, 0.3) is 0 Å². The Bertz CT molecular complexity index is 233. The van der Waals surface area contributed by atoms with E-state index in [-0.39, 0.29) is 0 Å². The van der Waals surface area contributed by atoms with Crippen molar-refractivity contribution < 1.29 is 0 Å². The summed E-state index contributed by atoms with van der Waals surface area (Å²) in [5, 5.41) is 0. The van der Waals surface area contributed by atoms with Crippen LogP contribution in [0.3, 0.4) is 0 Å². The van der Waals surface area contributed by atoms with E-state index in [9.17, 15) is 0 Å². The summed E-state index contributed by atoms with van der Waals surface area (Å²) in [5.41, 5.74) is 0. The van der Waals surface area contributed by atoms with Crippen molar-refractivity contribution in [3.8, 4) is 0 Å². The van der Waals surface area contributed by atoms with Crippen LogP contribution in [0.4, 0.5) is 0 Å². The van der Waals surface area contributed by atoms with Crippen molar-refractivity contribution in [2.24, 2.45) is 11.8 Å². The molecule has 0 heterocycles. The smallest absolute Gasteiger partial charge is 0.126 e. The van der Waals surface area contributed by atoms with Crippen molar-refractivity contribution in [3.63, 3.8) is 0 Å². The molecule has 0 nitrogen and oxygen atoms in total. The van der Waals surface area contributed by atoms with Crippen molar-refractivity contribution in [2.75, 3.05) is 11.5 Å². The highest BCUT2D eigenvalue weighted by Gasteiger charge is 2.28. The molecule has 0 aromatic carbocycles. The fraction of sp³-hybridized carbons (Fsp3) is 1.00. The van der Waals surface area contributed by atoms with Gasteiger partial charge in [-0.05, 0) is 36.8 Å². The van der Waals surface area contributed by atoms with Crippen LogP contribution in [0.2, 0.25) is 12.1 Å². The molecule has 0 aliphatic rings. The lowest BCUT2D eigenvalue weighted by Crippen LogP contribution is -2.14. The summed E-state index contributed by atoms with van der Waals surface area (Å²) >= 11 is 35.4. The summed E-state index contributed by atoms with van der Waals surface area (Å²) < 4.78 is 0. The second kappa shape index (κ2) is 11.4.